The van der Waals surface area contributed by atoms with Crippen molar-refractivity contribution in [1.29, 1.82) is 0 Å². The summed E-state index contributed by atoms with van der Waals surface area (Å²) in [5, 5.41) is 10.8. The number of fused-ring (bicyclic) bond motifs is 1. The largest absolute Gasteiger partial charge is 0.381 e. The van der Waals surface area contributed by atoms with Crippen LogP contribution in [0.15, 0.2) is 24.3 Å². The van der Waals surface area contributed by atoms with Crippen LogP contribution in [0.25, 0.3) is 10.9 Å². The molecular weight excluding hydrogens is 230 g/mol. The topological polar surface area (TPSA) is 67.0 Å². The molecule has 94 valence electrons. The molecule has 1 fully saturated rings. The minimum atomic E-state index is -0.0609. The van der Waals surface area contributed by atoms with Gasteiger partial charge in [-0.05, 0) is 25.0 Å². The third kappa shape index (κ3) is 2.09. The van der Waals surface area contributed by atoms with Crippen LogP contribution in [0.2, 0.25) is 0 Å². The number of aromatic amines is 1. The van der Waals surface area contributed by atoms with E-state index in [9.17, 15) is 4.79 Å². The molecule has 0 aliphatic carbocycles. The molecule has 2 heterocycles. The molecule has 1 aromatic heterocycles. The predicted molar refractivity (Wildman–Crippen MR) is 68.3 cm³/mol. The molecule has 0 saturated carbocycles. The van der Waals surface area contributed by atoms with Crippen molar-refractivity contribution in [2.75, 3.05) is 18.5 Å². The highest BCUT2D eigenvalue weighted by Gasteiger charge is 2.22. The molecule has 0 bridgehead atoms. The van der Waals surface area contributed by atoms with Crippen LogP contribution in [0.1, 0.15) is 12.8 Å². The smallest absolute Gasteiger partial charge is 0.231 e. The van der Waals surface area contributed by atoms with Gasteiger partial charge < -0.3 is 10.1 Å². The van der Waals surface area contributed by atoms with Gasteiger partial charge in [0.25, 0.3) is 0 Å². The number of para-hydroxylation sites is 1. The molecule has 1 unspecified atom stereocenters. The molecule has 1 aliphatic heterocycles. The van der Waals surface area contributed by atoms with E-state index in [-0.39, 0.29) is 11.8 Å². The number of nitrogens with zero attached hydrogens (tertiary/aromatic N) is 1. The zero-order valence-electron chi connectivity index (χ0n) is 9.98. The van der Waals surface area contributed by atoms with E-state index >= 15 is 0 Å². The first-order chi connectivity index (χ1) is 8.84. The molecule has 0 spiro atoms. The molecule has 18 heavy (non-hydrogen) atoms. The Hall–Kier alpha value is -1.88. The SMILES string of the molecule is O=C(Nc1n[nH]c2ccccc12)C1CCCOC1. The van der Waals surface area contributed by atoms with E-state index in [1.807, 2.05) is 24.3 Å². The van der Waals surface area contributed by atoms with E-state index < -0.39 is 0 Å². The van der Waals surface area contributed by atoms with Crippen molar-refractivity contribution in [3.63, 3.8) is 0 Å². The van der Waals surface area contributed by atoms with Crippen molar-refractivity contribution >= 4 is 22.6 Å². The summed E-state index contributed by atoms with van der Waals surface area (Å²) in [5.41, 5.74) is 0.924. The fourth-order valence-corrected chi connectivity index (χ4v) is 2.23. The third-order valence-corrected chi connectivity index (χ3v) is 3.24. The molecule has 1 aromatic carbocycles. The second-order valence-corrected chi connectivity index (χ2v) is 4.52. The highest BCUT2D eigenvalue weighted by Crippen LogP contribution is 2.21. The lowest BCUT2D eigenvalue weighted by molar-refractivity contribution is -0.123. The summed E-state index contributed by atoms with van der Waals surface area (Å²) >= 11 is 0. The molecule has 5 nitrogen and oxygen atoms in total. The molecular formula is C13H15N3O2. The maximum atomic E-state index is 12.1. The minimum Gasteiger partial charge on any atom is -0.381 e. The van der Waals surface area contributed by atoms with Crippen molar-refractivity contribution in [1.82, 2.24) is 10.2 Å². The number of amides is 1. The van der Waals surface area contributed by atoms with Crippen molar-refractivity contribution in [3.05, 3.63) is 24.3 Å². The number of hydrogen-bond donors (Lipinski definition) is 2. The number of rotatable bonds is 2. The van der Waals surface area contributed by atoms with Gasteiger partial charge in [0.15, 0.2) is 5.82 Å². The molecule has 5 heteroatoms. The summed E-state index contributed by atoms with van der Waals surface area (Å²) in [5.74, 6) is 0.530. The number of aromatic nitrogens is 2. The zero-order valence-corrected chi connectivity index (χ0v) is 9.98. The van der Waals surface area contributed by atoms with Gasteiger partial charge >= 0.3 is 0 Å². The monoisotopic (exact) mass is 245 g/mol. The Morgan fingerprint density at radius 1 is 1.44 bits per heavy atom. The summed E-state index contributed by atoms with van der Waals surface area (Å²) in [6.07, 6.45) is 1.83. The molecule has 1 atom stereocenters. The average Bonchev–Trinajstić information content (AvgIpc) is 2.83. The summed E-state index contributed by atoms with van der Waals surface area (Å²) < 4.78 is 5.32. The number of carbonyl (C=O) groups is 1. The van der Waals surface area contributed by atoms with E-state index in [2.05, 4.69) is 15.5 Å². The molecule has 1 amide bonds. The van der Waals surface area contributed by atoms with Crippen LogP contribution in [0.3, 0.4) is 0 Å². The van der Waals surface area contributed by atoms with Crippen molar-refractivity contribution in [2.45, 2.75) is 12.8 Å². The second-order valence-electron chi connectivity index (χ2n) is 4.52. The van der Waals surface area contributed by atoms with Gasteiger partial charge in [-0.2, -0.15) is 5.10 Å². The first kappa shape index (κ1) is 11.2. The number of ether oxygens (including phenoxy) is 1. The maximum Gasteiger partial charge on any atom is 0.231 e. The number of carbonyl (C=O) groups excluding carboxylic acids is 1. The van der Waals surface area contributed by atoms with Gasteiger partial charge in [0, 0.05) is 12.0 Å². The molecule has 1 saturated heterocycles. The Kier molecular flexibility index (Phi) is 2.98. The van der Waals surface area contributed by atoms with E-state index in [0.29, 0.717) is 12.4 Å². The standard InChI is InChI=1S/C13H15N3O2/c17-13(9-4-3-7-18-8-9)14-12-10-5-1-2-6-11(10)15-16-12/h1-2,5-6,9H,3-4,7-8H2,(H2,14,15,16,17). The summed E-state index contributed by atoms with van der Waals surface area (Å²) in [6.45, 7) is 1.27. The first-order valence-electron chi connectivity index (χ1n) is 6.16. The lowest BCUT2D eigenvalue weighted by Crippen LogP contribution is -2.30. The van der Waals surface area contributed by atoms with Crippen LogP contribution < -0.4 is 5.32 Å². The van der Waals surface area contributed by atoms with Crippen LogP contribution in [-0.2, 0) is 9.53 Å². The van der Waals surface area contributed by atoms with Crippen LogP contribution in [0.5, 0.6) is 0 Å². The summed E-state index contributed by atoms with van der Waals surface area (Å²) in [4.78, 5) is 12.1. The lowest BCUT2D eigenvalue weighted by Gasteiger charge is -2.20. The van der Waals surface area contributed by atoms with Crippen molar-refractivity contribution in [3.8, 4) is 0 Å². The summed E-state index contributed by atoms with van der Waals surface area (Å²) in [7, 11) is 0. The first-order valence-corrected chi connectivity index (χ1v) is 6.16. The van der Waals surface area contributed by atoms with E-state index in [0.717, 1.165) is 30.4 Å². The van der Waals surface area contributed by atoms with Gasteiger partial charge in [0.05, 0.1) is 18.0 Å². The fraction of sp³-hybridized carbons (Fsp3) is 0.385. The molecule has 2 aromatic rings. The van der Waals surface area contributed by atoms with E-state index in [1.165, 1.54) is 0 Å². The molecule has 1 aliphatic rings. The highest BCUT2D eigenvalue weighted by molar-refractivity contribution is 6.00. The number of nitrogens with one attached hydrogen (secondary N) is 2. The van der Waals surface area contributed by atoms with Crippen LogP contribution >= 0.6 is 0 Å². The van der Waals surface area contributed by atoms with Gasteiger partial charge in [-0.15, -0.1) is 0 Å². The van der Waals surface area contributed by atoms with E-state index in [4.69, 9.17) is 4.74 Å². The molecule has 2 N–H and O–H groups in total. The second kappa shape index (κ2) is 4.78. The van der Waals surface area contributed by atoms with Crippen LogP contribution in [0.4, 0.5) is 5.82 Å². The van der Waals surface area contributed by atoms with Crippen LogP contribution in [0, 0.1) is 5.92 Å². The Bertz CT molecular complexity index is 558. The Balaban J connectivity index is 1.77. The van der Waals surface area contributed by atoms with Gasteiger partial charge in [0.1, 0.15) is 0 Å². The van der Waals surface area contributed by atoms with Crippen molar-refractivity contribution < 1.29 is 9.53 Å². The number of hydrogen-bond acceptors (Lipinski definition) is 3. The fourth-order valence-electron chi connectivity index (χ4n) is 2.23. The van der Waals surface area contributed by atoms with Gasteiger partial charge in [-0.3, -0.25) is 9.89 Å². The Morgan fingerprint density at radius 2 is 2.33 bits per heavy atom. The normalized spacial score (nSPS) is 19.9. The zero-order chi connectivity index (χ0) is 12.4. The van der Waals surface area contributed by atoms with Gasteiger partial charge in [-0.1, -0.05) is 12.1 Å². The van der Waals surface area contributed by atoms with Crippen molar-refractivity contribution in [2.24, 2.45) is 5.92 Å². The Morgan fingerprint density at radius 3 is 3.17 bits per heavy atom. The summed E-state index contributed by atoms with van der Waals surface area (Å²) in [6, 6.07) is 7.73. The van der Waals surface area contributed by atoms with E-state index in [1.54, 1.807) is 0 Å². The minimum absolute atomic E-state index is 0.00745. The maximum absolute atomic E-state index is 12.1. The molecule has 0 radical (unpaired) electrons. The quantitative estimate of drug-likeness (QED) is 0.849. The lowest BCUT2D eigenvalue weighted by atomic mass is 10.0. The predicted octanol–water partition coefficient (Wildman–Crippen LogP) is 1.93. The van der Waals surface area contributed by atoms with Crippen LogP contribution in [-0.4, -0.2) is 29.3 Å². The number of benzene rings is 1. The number of H-pyrrole nitrogens is 1. The highest BCUT2D eigenvalue weighted by atomic mass is 16.5. The average molecular weight is 245 g/mol. The number of anilines is 1. The van der Waals surface area contributed by atoms with Gasteiger partial charge in [0.2, 0.25) is 5.91 Å². The molecule has 3 rings (SSSR count). The third-order valence-electron chi connectivity index (χ3n) is 3.24. The Labute approximate surface area is 105 Å². The van der Waals surface area contributed by atoms with Gasteiger partial charge in [-0.25, -0.2) is 0 Å².